The number of aryl methyl sites for hydroxylation is 1. The Morgan fingerprint density at radius 3 is 2.89 bits per heavy atom. The van der Waals surface area contributed by atoms with Gasteiger partial charge < -0.3 is 19.5 Å². The maximum atomic E-state index is 11.9. The third kappa shape index (κ3) is 3.23. The second kappa shape index (κ2) is 7.41. The fourth-order valence-corrected chi connectivity index (χ4v) is 3.52. The number of hydrogen-bond acceptors (Lipinski definition) is 7. The molecule has 1 aliphatic rings. The van der Waals surface area contributed by atoms with Crippen LogP contribution < -0.4 is 10.1 Å². The molecule has 1 atom stereocenters. The van der Waals surface area contributed by atoms with Gasteiger partial charge in [0.1, 0.15) is 12.2 Å². The normalized spacial score (nSPS) is 16.5. The lowest BCUT2D eigenvalue weighted by molar-refractivity contribution is -0.129. The highest BCUT2D eigenvalue weighted by Gasteiger charge is 2.26. The van der Waals surface area contributed by atoms with Crippen molar-refractivity contribution < 1.29 is 9.53 Å². The number of pyridine rings is 1. The summed E-state index contributed by atoms with van der Waals surface area (Å²) in [5.74, 6) is 2.17. The summed E-state index contributed by atoms with van der Waals surface area (Å²) >= 11 is 0. The van der Waals surface area contributed by atoms with Gasteiger partial charge in [0.15, 0.2) is 17.0 Å². The second-order valence-electron chi connectivity index (χ2n) is 6.80. The molecule has 9 heteroatoms. The van der Waals surface area contributed by atoms with E-state index in [4.69, 9.17) is 9.72 Å². The molecule has 9 nitrogen and oxygen atoms in total. The monoisotopic (exact) mass is 381 g/mol. The van der Waals surface area contributed by atoms with E-state index in [9.17, 15) is 4.79 Å². The number of carbonyl (C=O) groups is 1. The summed E-state index contributed by atoms with van der Waals surface area (Å²) in [7, 11) is 3.51. The van der Waals surface area contributed by atoms with E-state index >= 15 is 0 Å². The van der Waals surface area contributed by atoms with E-state index in [0.29, 0.717) is 30.2 Å². The number of likely N-dealkylation sites (tertiary alicyclic amines) is 1. The highest BCUT2D eigenvalue weighted by atomic mass is 16.5. The number of methoxy groups -OCH3 is 1. The van der Waals surface area contributed by atoms with Crippen LogP contribution in [0.15, 0.2) is 24.7 Å². The molecule has 1 saturated heterocycles. The molecule has 1 aliphatic heterocycles. The van der Waals surface area contributed by atoms with Gasteiger partial charge in [-0.2, -0.15) is 0 Å². The standard InChI is InChI=1S/C19H23N7O2/c1-4-15(27)26-8-7-13(10-26)23-17-16-19(22-11-21-17)25(2)18(24-16)12-5-6-14(28-3)20-9-12/h5-6,9,11,13H,4,7-8,10H2,1-3H3,(H,21,22,23)/t13-/m0/s1. The summed E-state index contributed by atoms with van der Waals surface area (Å²) in [6.45, 7) is 3.34. The first-order valence-corrected chi connectivity index (χ1v) is 9.32. The van der Waals surface area contributed by atoms with Gasteiger partial charge in [-0.3, -0.25) is 4.79 Å². The van der Waals surface area contributed by atoms with Crippen LogP contribution >= 0.6 is 0 Å². The number of hydrogen-bond donors (Lipinski definition) is 1. The first kappa shape index (κ1) is 18.1. The number of aromatic nitrogens is 5. The summed E-state index contributed by atoms with van der Waals surface area (Å²) in [6, 6.07) is 3.87. The third-order valence-electron chi connectivity index (χ3n) is 5.04. The summed E-state index contributed by atoms with van der Waals surface area (Å²) in [4.78, 5) is 31.6. The van der Waals surface area contributed by atoms with Crippen molar-refractivity contribution in [2.45, 2.75) is 25.8 Å². The number of rotatable bonds is 5. The number of imidazole rings is 1. The van der Waals surface area contributed by atoms with Crippen molar-refractivity contribution in [3.05, 3.63) is 24.7 Å². The Kier molecular flexibility index (Phi) is 4.81. The van der Waals surface area contributed by atoms with Crippen molar-refractivity contribution in [1.29, 1.82) is 0 Å². The zero-order valence-corrected chi connectivity index (χ0v) is 16.2. The van der Waals surface area contributed by atoms with Crippen LogP contribution in [-0.4, -0.2) is 61.6 Å². The molecule has 1 N–H and O–H groups in total. The van der Waals surface area contributed by atoms with E-state index in [1.807, 2.05) is 29.5 Å². The molecule has 0 unspecified atom stereocenters. The molecule has 1 fully saturated rings. The van der Waals surface area contributed by atoms with E-state index in [-0.39, 0.29) is 11.9 Å². The topological polar surface area (TPSA) is 98.1 Å². The van der Waals surface area contributed by atoms with Crippen molar-refractivity contribution in [3.63, 3.8) is 0 Å². The SMILES string of the molecule is CCC(=O)N1CC[C@H](Nc2ncnc3c2nc(-c2ccc(OC)nc2)n3C)C1. The molecule has 0 aromatic carbocycles. The highest BCUT2D eigenvalue weighted by Crippen LogP contribution is 2.27. The summed E-state index contributed by atoms with van der Waals surface area (Å²) in [6.07, 6.45) is 4.68. The van der Waals surface area contributed by atoms with Gasteiger partial charge in [-0.15, -0.1) is 0 Å². The van der Waals surface area contributed by atoms with Crippen molar-refractivity contribution in [3.8, 4) is 17.3 Å². The lowest BCUT2D eigenvalue weighted by Crippen LogP contribution is -2.31. The average molecular weight is 381 g/mol. The Morgan fingerprint density at radius 1 is 1.32 bits per heavy atom. The maximum absolute atomic E-state index is 11.9. The lowest BCUT2D eigenvalue weighted by atomic mass is 10.2. The van der Waals surface area contributed by atoms with Crippen molar-refractivity contribution in [2.75, 3.05) is 25.5 Å². The zero-order valence-electron chi connectivity index (χ0n) is 16.2. The van der Waals surface area contributed by atoms with Gasteiger partial charge >= 0.3 is 0 Å². The summed E-state index contributed by atoms with van der Waals surface area (Å²) in [5.41, 5.74) is 2.31. The van der Waals surface area contributed by atoms with Gasteiger partial charge in [-0.25, -0.2) is 19.9 Å². The van der Waals surface area contributed by atoms with Crippen LogP contribution in [0.2, 0.25) is 0 Å². The number of anilines is 1. The lowest BCUT2D eigenvalue weighted by Gasteiger charge is -2.16. The average Bonchev–Trinajstić information content (AvgIpc) is 3.33. The largest absolute Gasteiger partial charge is 0.481 e. The molecule has 0 aliphatic carbocycles. The predicted octanol–water partition coefficient (Wildman–Crippen LogP) is 1.86. The Hall–Kier alpha value is -3.23. The van der Waals surface area contributed by atoms with Crippen LogP contribution in [0.4, 0.5) is 5.82 Å². The molecule has 0 radical (unpaired) electrons. The first-order valence-electron chi connectivity index (χ1n) is 9.32. The van der Waals surface area contributed by atoms with Gasteiger partial charge in [0, 0.05) is 50.4 Å². The van der Waals surface area contributed by atoms with Crippen LogP contribution in [0, 0.1) is 0 Å². The molecular formula is C19H23N7O2. The number of nitrogens with one attached hydrogen (secondary N) is 1. The third-order valence-corrected chi connectivity index (χ3v) is 5.04. The smallest absolute Gasteiger partial charge is 0.222 e. The molecule has 4 rings (SSSR count). The molecule has 3 aromatic heterocycles. The van der Waals surface area contributed by atoms with E-state index < -0.39 is 0 Å². The fraction of sp³-hybridized carbons (Fsp3) is 0.421. The fourth-order valence-electron chi connectivity index (χ4n) is 3.52. The number of ether oxygens (including phenoxy) is 1. The van der Waals surface area contributed by atoms with E-state index in [1.54, 1.807) is 19.4 Å². The van der Waals surface area contributed by atoms with Gasteiger partial charge in [0.25, 0.3) is 0 Å². The second-order valence-corrected chi connectivity index (χ2v) is 6.80. The quantitative estimate of drug-likeness (QED) is 0.720. The molecule has 146 valence electrons. The molecular weight excluding hydrogens is 358 g/mol. The Morgan fingerprint density at radius 2 is 2.18 bits per heavy atom. The maximum Gasteiger partial charge on any atom is 0.222 e. The molecule has 4 heterocycles. The minimum Gasteiger partial charge on any atom is -0.481 e. The molecule has 3 aromatic rings. The summed E-state index contributed by atoms with van der Waals surface area (Å²) in [5, 5.41) is 3.45. The zero-order chi connectivity index (χ0) is 19.7. The molecule has 0 spiro atoms. The van der Waals surface area contributed by atoms with Crippen molar-refractivity contribution in [2.24, 2.45) is 7.05 Å². The van der Waals surface area contributed by atoms with Crippen molar-refractivity contribution >= 4 is 22.9 Å². The molecule has 0 saturated carbocycles. The van der Waals surface area contributed by atoms with Crippen LogP contribution in [0.1, 0.15) is 19.8 Å². The van der Waals surface area contributed by atoms with Crippen LogP contribution in [0.5, 0.6) is 5.88 Å². The van der Waals surface area contributed by atoms with E-state index in [1.165, 1.54) is 6.33 Å². The number of amides is 1. The van der Waals surface area contributed by atoms with Crippen LogP contribution in [0.3, 0.4) is 0 Å². The minimum absolute atomic E-state index is 0.154. The minimum atomic E-state index is 0.154. The first-order chi connectivity index (χ1) is 13.6. The summed E-state index contributed by atoms with van der Waals surface area (Å²) < 4.78 is 7.05. The van der Waals surface area contributed by atoms with E-state index in [2.05, 4.69) is 20.3 Å². The molecule has 1 amide bonds. The number of fused-ring (bicyclic) bond motifs is 1. The Balaban J connectivity index is 1.63. The highest BCUT2D eigenvalue weighted by molar-refractivity contribution is 5.86. The van der Waals surface area contributed by atoms with Gasteiger partial charge in [-0.1, -0.05) is 6.92 Å². The molecule has 0 bridgehead atoms. The van der Waals surface area contributed by atoms with Crippen LogP contribution in [0.25, 0.3) is 22.6 Å². The van der Waals surface area contributed by atoms with Gasteiger partial charge in [-0.05, 0) is 12.5 Å². The Labute approximate surface area is 162 Å². The number of nitrogens with zero attached hydrogens (tertiary/aromatic N) is 6. The predicted molar refractivity (Wildman–Crippen MR) is 105 cm³/mol. The van der Waals surface area contributed by atoms with Gasteiger partial charge in [0.05, 0.1) is 7.11 Å². The van der Waals surface area contributed by atoms with Crippen molar-refractivity contribution in [1.82, 2.24) is 29.4 Å². The van der Waals surface area contributed by atoms with E-state index in [0.717, 1.165) is 30.0 Å². The molecule has 28 heavy (non-hydrogen) atoms. The Bertz CT molecular complexity index is 999. The van der Waals surface area contributed by atoms with Gasteiger partial charge in [0.2, 0.25) is 11.8 Å². The number of carbonyl (C=O) groups excluding carboxylic acids is 1. The van der Waals surface area contributed by atoms with Crippen LogP contribution in [-0.2, 0) is 11.8 Å².